The van der Waals surface area contributed by atoms with Crippen molar-refractivity contribution in [2.75, 3.05) is 25.0 Å². The lowest BCUT2D eigenvalue weighted by Crippen LogP contribution is -2.59. The molecule has 2 N–H and O–H groups in total. The highest BCUT2D eigenvalue weighted by Gasteiger charge is 2.40. The summed E-state index contributed by atoms with van der Waals surface area (Å²) in [5.74, 6) is -1.72. The van der Waals surface area contributed by atoms with E-state index in [0.717, 1.165) is 4.47 Å². The average Bonchev–Trinajstić information content (AvgIpc) is 2.70. The van der Waals surface area contributed by atoms with Crippen LogP contribution in [0.1, 0.15) is 29.6 Å². The van der Waals surface area contributed by atoms with E-state index in [1.807, 2.05) is 0 Å². The lowest BCUT2D eigenvalue weighted by Gasteiger charge is -2.39. The molecule has 1 aromatic carbocycles. The van der Waals surface area contributed by atoms with Crippen LogP contribution >= 0.6 is 15.9 Å². The van der Waals surface area contributed by atoms with E-state index in [1.165, 1.54) is 9.80 Å². The molecule has 0 bridgehead atoms. The van der Waals surface area contributed by atoms with Crippen molar-refractivity contribution >= 4 is 45.3 Å². The van der Waals surface area contributed by atoms with Crippen LogP contribution in [0.3, 0.4) is 0 Å². The summed E-state index contributed by atoms with van der Waals surface area (Å²) in [5.41, 5.74) is 0.869. The van der Waals surface area contributed by atoms with E-state index < -0.39 is 12.0 Å². The van der Waals surface area contributed by atoms with Crippen LogP contribution in [0.5, 0.6) is 0 Å². The predicted octanol–water partition coefficient (Wildman–Crippen LogP) is 1.31. The molecule has 2 aliphatic heterocycles. The zero-order valence-corrected chi connectivity index (χ0v) is 15.5. The molecule has 0 spiro atoms. The van der Waals surface area contributed by atoms with E-state index in [4.69, 9.17) is 5.11 Å². The molecule has 1 aromatic rings. The number of nitrogens with one attached hydrogen (secondary N) is 1. The minimum Gasteiger partial charge on any atom is -0.481 e. The van der Waals surface area contributed by atoms with Gasteiger partial charge in [-0.15, -0.1) is 0 Å². The number of carboxylic acid groups (broad SMARTS) is 1. The van der Waals surface area contributed by atoms with Crippen molar-refractivity contribution in [1.82, 2.24) is 9.80 Å². The van der Waals surface area contributed by atoms with Gasteiger partial charge in [-0.3, -0.25) is 19.2 Å². The average molecular weight is 424 g/mol. The number of hydrogen-bond donors (Lipinski definition) is 2. The molecule has 1 saturated heterocycles. The Kier molecular flexibility index (Phi) is 5.26. The van der Waals surface area contributed by atoms with Crippen molar-refractivity contribution in [1.29, 1.82) is 0 Å². The molecule has 1 fully saturated rings. The topological polar surface area (TPSA) is 107 Å². The smallest absolute Gasteiger partial charge is 0.303 e. The van der Waals surface area contributed by atoms with E-state index in [0.29, 0.717) is 17.8 Å². The van der Waals surface area contributed by atoms with Gasteiger partial charge in [0.2, 0.25) is 11.8 Å². The monoisotopic (exact) mass is 423 g/mol. The number of benzene rings is 1. The van der Waals surface area contributed by atoms with Gasteiger partial charge in [-0.25, -0.2) is 0 Å². The third-order valence-corrected chi connectivity index (χ3v) is 5.04. The fourth-order valence-electron chi connectivity index (χ4n) is 3.20. The molecule has 3 amide bonds. The zero-order valence-electron chi connectivity index (χ0n) is 13.9. The maximum atomic E-state index is 12.8. The molecular formula is C17H18BrN3O5. The third-order valence-electron chi connectivity index (χ3n) is 4.55. The molecule has 1 atom stereocenters. The van der Waals surface area contributed by atoms with Crippen molar-refractivity contribution in [3.63, 3.8) is 0 Å². The van der Waals surface area contributed by atoms with E-state index >= 15 is 0 Å². The molecule has 0 unspecified atom stereocenters. The Morgan fingerprint density at radius 1 is 1.23 bits per heavy atom. The molecule has 138 valence electrons. The Bertz CT molecular complexity index is 782. The highest BCUT2D eigenvalue weighted by Crippen LogP contribution is 2.28. The maximum Gasteiger partial charge on any atom is 0.303 e. The Morgan fingerprint density at radius 3 is 2.73 bits per heavy atom. The molecule has 0 radical (unpaired) electrons. The Hall–Kier alpha value is -2.42. The van der Waals surface area contributed by atoms with Crippen molar-refractivity contribution in [3.8, 4) is 0 Å². The second kappa shape index (κ2) is 7.45. The standard InChI is InChI=1S/C17H18BrN3O5/c18-10-4-5-12-11(8-10)17(26)21-7-6-20(9-13(21)16(25)19-12)14(22)2-1-3-15(23)24/h4-5,8,13H,1-3,6-7,9H2,(H,19,25)(H,23,24)/t13-/m0/s1. The van der Waals surface area contributed by atoms with Gasteiger partial charge in [0, 0.05) is 30.4 Å². The highest BCUT2D eigenvalue weighted by atomic mass is 79.9. The number of anilines is 1. The quantitative estimate of drug-likeness (QED) is 0.758. The van der Waals surface area contributed by atoms with Gasteiger partial charge in [0.05, 0.1) is 17.8 Å². The number of amides is 3. The molecule has 26 heavy (non-hydrogen) atoms. The summed E-state index contributed by atoms with van der Waals surface area (Å²) in [7, 11) is 0. The van der Waals surface area contributed by atoms with Crippen molar-refractivity contribution in [2.24, 2.45) is 0 Å². The number of piperazine rings is 1. The van der Waals surface area contributed by atoms with E-state index in [2.05, 4.69) is 21.2 Å². The summed E-state index contributed by atoms with van der Waals surface area (Å²) < 4.78 is 0.740. The second-order valence-corrected chi connectivity index (χ2v) is 7.20. The first kappa shape index (κ1) is 18.4. The normalized spacial score (nSPS) is 19.3. The number of carbonyl (C=O) groups excluding carboxylic acids is 3. The van der Waals surface area contributed by atoms with Gasteiger partial charge in [0.25, 0.3) is 5.91 Å². The van der Waals surface area contributed by atoms with Gasteiger partial charge in [0.15, 0.2) is 0 Å². The lowest BCUT2D eigenvalue weighted by molar-refractivity contribution is -0.137. The van der Waals surface area contributed by atoms with Gasteiger partial charge < -0.3 is 20.2 Å². The van der Waals surface area contributed by atoms with E-state index in [-0.39, 0.29) is 50.1 Å². The van der Waals surface area contributed by atoms with Crippen LogP contribution in [0.2, 0.25) is 0 Å². The number of aliphatic carboxylic acids is 1. The molecule has 0 aliphatic carbocycles. The van der Waals surface area contributed by atoms with E-state index in [9.17, 15) is 19.2 Å². The van der Waals surface area contributed by atoms with Crippen molar-refractivity contribution < 1.29 is 24.3 Å². The Morgan fingerprint density at radius 2 is 2.00 bits per heavy atom. The number of hydrogen-bond acceptors (Lipinski definition) is 4. The zero-order chi connectivity index (χ0) is 18.8. The fourth-order valence-corrected chi connectivity index (χ4v) is 3.56. The molecule has 9 heteroatoms. The van der Waals surface area contributed by atoms with Crippen LogP contribution in [0.25, 0.3) is 0 Å². The van der Waals surface area contributed by atoms with Gasteiger partial charge >= 0.3 is 5.97 Å². The van der Waals surface area contributed by atoms with Gasteiger partial charge in [-0.2, -0.15) is 0 Å². The summed E-state index contributed by atoms with van der Waals surface area (Å²) in [6.07, 6.45) is 0.295. The molecule has 3 rings (SSSR count). The number of carboxylic acids is 1. The Labute approximate surface area is 158 Å². The number of nitrogens with zero attached hydrogens (tertiary/aromatic N) is 2. The molecule has 2 aliphatic rings. The Balaban J connectivity index is 1.74. The van der Waals surface area contributed by atoms with Crippen LogP contribution in [0.15, 0.2) is 22.7 Å². The minimum absolute atomic E-state index is 0.0711. The summed E-state index contributed by atoms with van der Waals surface area (Å²) in [5, 5.41) is 11.4. The second-order valence-electron chi connectivity index (χ2n) is 6.28. The highest BCUT2D eigenvalue weighted by molar-refractivity contribution is 9.10. The van der Waals surface area contributed by atoms with Gasteiger partial charge in [0.1, 0.15) is 6.04 Å². The fraction of sp³-hybridized carbons (Fsp3) is 0.412. The predicted molar refractivity (Wildman–Crippen MR) is 95.7 cm³/mol. The number of fused-ring (bicyclic) bond motifs is 2. The van der Waals surface area contributed by atoms with E-state index in [1.54, 1.807) is 18.2 Å². The summed E-state index contributed by atoms with van der Waals surface area (Å²) in [6.45, 7) is 0.691. The molecular weight excluding hydrogens is 406 g/mol. The van der Waals surface area contributed by atoms with Crippen molar-refractivity contribution in [2.45, 2.75) is 25.3 Å². The number of halogens is 1. The van der Waals surface area contributed by atoms with Gasteiger partial charge in [-0.1, -0.05) is 15.9 Å². The lowest BCUT2D eigenvalue weighted by atomic mass is 10.1. The largest absolute Gasteiger partial charge is 0.481 e. The van der Waals surface area contributed by atoms with Crippen molar-refractivity contribution in [3.05, 3.63) is 28.2 Å². The summed E-state index contributed by atoms with van der Waals surface area (Å²) in [6, 6.07) is 4.33. The van der Waals surface area contributed by atoms with Crippen LogP contribution in [0, 0.1) is 0 Å². The van der Waals surface area contributed by atoms with Crippen LogP contribution in [-0.2, 0) is 14.4 Å². The van der Waals surface area contributed by atoms with Crippen LogP contribution in [0.4, 0.5) is 5.69 Å². The molecule has 0 saturated carbocycles. The molecule has 2 heterocycles. The first-order valence-electron chi connectivity index (χ1n) is 8.28. The third kappa shape index (κ3) is 3.72. The summed E-state index contributed by atoms with van der Waals surface area (Å²) >= 11 is 3.33. The number of carbonyl (C=O) groups is 4. The molecule has 0 aromatic heterocycles. The minimum atomic E-state index is -0.944. The summed E-state index contributed by atoms with van der Waals surface area (Å²) in [4.78, 5) is 51.3. The van der Waals surface area contributed by atoms with Crippen LogP contribution < -0.4 is 5.32 Å². The SMILES string of the molecule is O=C(O)CCCC(=O)N1CCN2C(=O)c3cc(Br)ccc3NC(=O)[C@@H]2C1. The first-order valence-corrected chi connectivity index (χ1v) is 9.07. The van der Waals surface area contributed by atoms with Crippen LogP contribution in [-0.4, -0.2) is 64.3 Å². The first-order chi connectivity index (χ1) is 12.4. The number of rotatable bonds is 4. The molecule has 8 nitrogen and oxygen atoms in total. The maximum absolute atomic E-state index is 12.8. The van der Waals surface area contributed by atoms with Gasteiger partial charge in [-0.05, 0) is 24.6 Å².